The minimum atomic E-state index is -0.195. The molecule has 0 aliphatic carbocycles. The Balaban J connectivity index is 1.92. The number of aromatic nitrogens is 3. The third-order valence-electron chi connectivity index (χ3n) is 2.70. The van der Waals surface area contributed by atoms with Gasteiger partial charge < -0.3 is 10.2 Å². The van der Waals surface area contributed by atoms with Crippen molar-refractivity contribution in [1.29, 1.82) is 0 Å². The number of hydrogen-bond donors (Lipinski definition) is 1. The van der Waals surface area contributed by atoms with E-state index in [0.717, 1.165) is 13.0 Å². The summed E-state index contributed by atoms with van der Waals surface area (Å²) < 4.78 is 0. The van der Waals surface area contributed by atoms with Crippen molar-refractivity contribution in [2.24, 2.45) is 0 Å². The fourth-order valence-corrected chi connectivity index (χ4v) is 1.93. The van der Waals surface area contributed by atoms with Crippen molar-refractivity contribution >= 4 is 6.03 Å². The van der Waals surface area contributed by atoms with E-state index in [4.69, 9.17) is 0 Å². The monoisotopic (exact) mass is 237 g/mol. The molecular weight excluding hydrogens is 218 g/mol. The molecule has 1 aromatic rings. The molecule has 1 aliphatic heterocycles. The number of carbonyl (C=O) groups is 1. The second-order valence-electron chi connectivity index (χ2n) is 5.42. The molecule has 6 nitrogen and oxygen atoms in total. The molecule has 0 saturated carbocycles. The van der Waals surface area contributed by atoms with Gasteiger partial charge >= 0.3 is 6.03 Å². The summed E-state index contributed by atoms with van der Waals surface area (Å²) in [5.41, 5.74) is -0.195. The summed E-state index contributed by atoms with van der Waals surface area (Å²) in [4.78, 5) is 15.4. The highest BCUT2D eigenvalue weighted by molar-refractivity contribution is 5.75. The summed E-state index contributed by atoms with van der Waals surface area (Å²) >= 11 is 0. The van der Waals surface area contributed by atoms with Gasteiger partial charge in [0.25, 0.3) is 0 Å². The second kappa shape index (κ2) is 4.35. The summed E-state index contributed by atoms with van der Waals surface area (Å²) in [7, 11) is 0. The van der Waals surface area contributed by atoms with E-state index in [-0.39, 0.29) is 17.6 Å². The largest absolute Gasteiger partial charge is 0.333 e. The topological polar surface area (TPSA) is 63.1 Å². The van der Waals surface area contributed by atoms with E-state index in [1.807, 2.05) is 25.7 Å². The molecule has 0 aromatic carbocycles. The molecule has 1 fully saturated rings. The van der Waals surface area contributed by atoms with Crippen molar-refractivity contribution in [3.63, 3.8) is 0 Å². The molecule has 1 aliphatic rings. The highest BCUT2D eigenvalue weighted by atomic mass is 16.2. The van der Waals surface area contributed by atoms with Crippen molar-refractivity contribution in [3.8, 4) is 0 Å². The van der Waals surface area contributed by atoms with E-state index >= 15 is 0 Å². The number of hydrogen-bond acceptors (Lipinski definition) is 3. The maximum absolute atomic E-state index is 11.9. The number of amides is 2. The Hall–Kier alpha value is -1.59. The van der Waals surface area contributed by atoms with Gasteiger partial charge in [-0.1, -0.05) is 0 Å². The fourth-order valence-electron chi connectivity index (χ4n) is 1.93. The predicted octanol–water partition coefficient (Wildman–Crippen LogP) is 1.03. The average molecular weight is 237 g/mol. The molecule has 17 heavy (non-hydrogen) atoms. The molecule has 2 heterocycles. The van der Waals surface area contributed by atoms with Crippen LogP contribution in [0.2, 0.25) is 0 Å². The van der Waals surface area contributed by atoms with Crippen LogP contribution < -0.4 is 5.32 Å². The number of rotatable bonds is 1. The zero-order valence-electron chi connectivity index (χ0n) is 10.6. The molecule has 1 atom stereocenters. The normalized spacial score (nSPS) is 20.6. The lowest BCUT2D eigenvalue weighted by atomic mass is 10.1. The maximum Gasteiger partial charge on any atom is 0.317 e. The quantitative estimate of drug-likeness (QED) is 0.793. The lowest BCUT2D eigenvalue weighted by Crippen LogP contribution is -2.47. The highest BCUT2D eigenvalue weighted by Crippen LogP contribution is 2.19. The van der Waals surface area contributed by atoms with Gasteiger partial charge in [-0.2, -0.15) is 15.0 Å². The molecule has 0 radical (unpaired) electrons. The molecule has 1 aromatic heterocycles. The molecule has 2 rings (SSSR count). The van der Waals surface area contributed by atoms with Crippen LogP contribution >= 0.6 is 0 Å². The van der Waals surface area contributed by atoms with E-state index in [1.54, 1.807) is 17.2 Å². The van der Waals surface area contributed by atoms with Crippen molar-refractivity contribution in [2.45, 2.75) is 38.8 Å². The molecular formula is C11H19N5O. The van der Waals surface area contributed by atoms with Gasteiger partial charge in [0.05, 0.1) is 18.4 Å². The lowest BCUT2D eigenvalue weighted by molar-refractivity contribution is 0.197. The average Bonchev–Trinajstić information content (AvgIpc) is 2.86. The summed E-state index contributed by atoms with van der Waals surface area (Å²) in [6.45, 7) is 7.37. The Kier molecular flexibility index (Phi) is 3.04. The lowest BCUT2D eigenvalue weighted by Gasteiger charge is -2.25. The van der Waals surface area contributed by atoms with Crippen molar-refractivity contribution < 1.29 is 4.79 Å². The SMILES string of the molecule is CC(C)(C)NC(=O)N1CCC(n2nccn2)C1. The number of urea groups is 1. The van der Waals surface area contributed by atoms with Crippen LogP contribution in [0.15, 0.2) is 12.4 Å². The number of nitrogens with one attached hydrogen (secondary N) is 1. The Morgan fingerprint density at radius 2 is 2.00 bits per heavy atom. The molecule has 94 valence electrons. The van der Waals surface area contributed by atoms with E-state index < -0.39 is 0 Å². The fraction of sp³-hybridized carbons (Fsp3) is 0.727. The maximum atomic E-state index is 11.9. The van der Waals surface area contributed by atoms with Crippen molar-refractivity contribution in [2.75, 3.05) is 13.1 Å². The first-order chi connectivity index (χ1) is 7.96. The standard InChI is InChI=1S/C11H19N5O/c1-11(2,3)14-10(17)15-7-4-9(8-15)16-12-5-6-13-16/h5-6,9H,4,7-8H2,1-3H3,(H,14,17). The molecule has 1 N–H and O–H groups in total. The molecule has 2 amide bonds. The van der Waals surface area contributed by atoms with Gasteiger partial charge in [0.1, 0.15) is 0 Å². The van der Waals surface area contributed by atoms with E-state index in [0.29, 0.717) is 6.54 Å². The number of likely N-dealkylation sites (tertiary alicyclic amines) is 1. The molecule has 0 spiro atoms. The zero-order chi connectivity index (χ0) is 12.5. The van der Waals surface area contributed by atoms with Crippen LogP contribution in [-0.2, 0) is 0 Å². The van der Waals surface area contributed by atoms with Crippen LogP contribution in [-0.4, -0.2) is 44.6 Å². The van der Waals surface area contributed by atoms with Gasteiger partial charge in [-0.25, -0.2) is 4.79 Å². The van der Waals surface area contributed by atoms with Crippen molar-refractivity contribution in [3.05, 3.63) is 12.4 Å². The zero-order valence-corrected chi connectivity index (χ0v) is 10.6. The van der Waals surface area contributed by atoms with Crippen LogP contribution in [0.1, 0.15) is 33.2 Å². The first-order valence-electron chi connectivity index (χ1n) is 5.88. The number of nitrogens with zero attached hydrogens (tertiary/aromatic N) is 4. The third-order valence-corrected chi connectivity index (χ3v) is 2.70. The number of carbonyl (C=O) groups excluding carboxylic acids is 1. The van der Waals surface area contributed by atoms with E-state index in [1.165, 1.54) is 0 Å². The van der Waals surface area contributed by atoms with Crippen LogP contribution in [0.3, 0.4) is 0 Å². The van der Waals surface area contributed by atoms with Gasteiger partial charge in [0, 0.05) is 18.6 Å². The molecule has 1 unspecified atom stereocenters. The first kappa shape index (κ1) is 11.9. The summed E-state index contributed by atoms with van der Waals surface area (Å²) in [5, 5.41) is 11.2. The molecule has 0 bridgehead atoms. The summed E-state index contributed by atoms with van der Waals surface area (Å²) in [6, 6.07) is 0.197. The van der Waals surface area contributed by atoms with Gasteiger partial charge in [-0.3, -0.25) is 0 Å². The van der Waals surface area contributed by atoms with Gasteiger partial charge in [-0.15, -0.1) is 0 Å². The Morgan fingerprint density at radius 1 is 1.35 bits per heavy atom. The predicted molar refractivity (Wildman–Crippen MR) is 63.5 cm³/mol. The second-order valence-corrected chi connectivity index (χ2v) is 5.42. The Morgan fingerprint density at radius 3 is 2.59 bits per heavy atom. The van der Waals surface area contributed by atoms with Crippen LogP contribution in [0.5, 0.6) is 0 Å². The minimum Gasteiger partial charge on any atom is -0.333 e. The van der Waals surface area contributed by atoms with Crippen molar-refractivity contribution in [1.82, 2.24) is 25.2 Å². The minimum absolute atomic E-state index is 0.00726. The van der Waals surface area contributed by atoms with E-state index in [9.17, 15) is 4.79 Å². The first-order valence-corrected chi connectivity index (χ1v) is 5.88. The van der Waals surface area contributed by atoms with E-state index in [2.05, 4.69) is 15.5 Å². The summed E-state index contributed by atoms with van der Waals surface area (Å²) in [6.07, 6.45) is 4.24. The molecule has 6 heteroatoms. The molecule has 1 saturated heterocycles. The van der Waals surface area contributed by atoms with Crippen LogP contribution in [0.25, 0.3) is 0 Å². The Labute approximate surface area is 101 Å². The van der Waals surface area contributed by atoms with Crippen LogP contribution in [0.4, 0.5) is 4.79 Å². The Bertz CT molecular complexity index is 381. The van der Waals surface area contributed by atoms with Gasteiger partial charge in [0.2, 0.25) is 0 Å². The highest BCUT2D eigenvalue weighted by Gasteiger charge is 2.29. The van der Waals surface area contributed by atoms with Gasteiger partial charge in [0.15, 0.2) is 0 Å². The van der Waals surface area contributed by atoms with Gasteiger partial charge in [-0.05, 0) is 27.2 Å². The summed E-state index contributed by atoms with van der Waals surface area (Å²) in [5.74, 6) is 0. The smallest absolute Gasteiger partial charge is 0.317 e. The third kappa shape index (κ3) is 2.95. The van der Waals surface area contributed by atoms with Crippen LogP contribution in [0, 0.1) is 0 Å².